The lowest BCUT2D eigenvalue weighted by molar-refractivity contribution is -0.177. The molecule has 2 fully saturated rings. The van der Waals surface area contributed by atoms with Gasteiger partial charge in [-0.3, -0.25) is 0 Å². The first-order valence-corrected chi connectivity index (χ1v) is 17.1. The molecule has 0 saturated heterocycles. The van der Waals surface area contributed by atoms with E-state index in [9.17, 15) is 32.9 Å². The minimum absolute atomic E-state index is 0.0524. The van der Waals surface area contributed by atoms with Gasteiger partial charge in [-0.15, -0.1) is 11.3 Å². The third-order valence-corrected chi connectivity index (χ3v) is 12.4. The number of fused-ring (bicyclic) bond motifs is 1. The van der Waals surface area contributed by atoms with E-state index in [2.05, 4.69) is 13.8 Å². The summed E-state index contributed by atoms with van der Waals surface area (Å²) in [7, 11) is -3.20. The van der Waals surface area contributed by atoms with Gasteiger partial charge in [0.2, 0.25) is 10.0 Å². The number of hydrogen-bond donors (Lipinski definition) is 3. The lowest BCUT2D eigenvalue weighted by atomic mass is 9.70. The first-order chi connectivity index (χ1) is 20.7. The van der Waals surface area contributed by atoms with Crippen LogP contribution in [0.4, 0.5) is 15.8 Å². The Bertz CT molecular complexity index is 1680. The van der Waals surface area contributed by atoms with Gasteiger partial charge in [-0.2, -0.15) is 4.31 Å². The van der Waals surface area contributed by atoms with E-state index in [1.54, 1.807) is 30.3 Å². The maximum absolute atomic E-state index is 14.8. The van der Waals surface area contributed by atoms with Crippen molar-refractivity contribution in [3.8, 4) is 16.2 Å². The molecule has 2 aromatic carbocycles. The zero-order valence-electron chi connectivity index (χ0n) is 24.9. The quantitative estimate of drug-likeness (QED) is 0.290. The summed E-state index contributed by atoms with van der Waals surface area (Å²) in [6, 6.07) is 12.7. The second kappa shape index (κ2) is 11.1. The number of carbonyl (C=O) groups is 1. The van der Waals surface area contributed by atoms with Crippen LogP contribution in [0.3, 0.4) is 0 Å². The molecular formula is C32H37FN2O7S2. The maximum atomic E-state index is 14.8. The summed E-state index contributed by atoms with van der Waals surface area (Å²) < 4.78 is 51.0. The van der Waals surface area contributed by atoms with Crippen molar-refractivity contribution in [1.82, 2.24) is 4.31 Å². The van der Waals surface area contributed by atoms with Crippen molar-refractivity contribution in [2.45, 2.75) is 81.7 Å². The molecule has 0 bridgehead atoms. The van der Waals surface area contributed by atoms with E-state index in [-0.39, 0.29) is 38.3 Å². The van der Waals surface area contributed by atoms with Crippen molar-refractivity contribution < 1.29 is 37.7 Å². The average Bonchev–Trinajstić information content (AvgIpc) is 3.36. The topological polar surface area (TPSA) is 128 Å². The fourth-order valence-corrected chi connectivity index (χ4v) is 9.51. The van der Waals surface area contributed by atoms with E-state index >= 15 is 0 Å². The number of thiophene rings is 1. The number of likely N-dealkylation sites (N-methyl/N-ethyl adjacent to an activating group) is 1. The van der Waals surface area contributed by atoms with Crippen LogP contribution in [-0.4, -0.2) is 59.1 Å². The number of hydrogen-bond acceptors (Lipinski definition) is 8. The molecule has 2 saturated carbocycles. The zero-order chi connectivity index (χ0) is 31.6. The number of benzene rings is 2. The molecule has 236 valence electrons. The molecule has 3 aliphatic rings. The molecule has 0 radical (unpaired) electrons. The van der Waals surface area contributed by atoms with Crippen LogP contribution in [0.1, 0.15) is 68.5 Å². The summed E-state index contributed by atoms with van der Waals surface area (Å²) in [5, 5.41) is 34.0. The Hall–Kier alpha value is -3.03. The first kappa shape index (κ1) is 31.0. The molecule has 0 amide bonds. The second-order valence-electron chi connectivity index (χ2n) is 12.9. The summed E-state index contributed by atoms with van der Waals surface area (Å²) in [6.07, 6.45) is 3.19. The van der Waals surface area contributed by atoms with Crippen LogP contribution in [-0.2, 0) is 10.0 Å². The normalized spacial score (nSPS) is 25.6. The Balaban J connectivity index is 1.61. The van der Waals surface area contributed by atoms with Crippen molar-refractivity contribution in [2.75, 3.05) is 11.9 Å². The van der Waals surface area contributed by atoms with Gasteiger partial charge in [-0.25, -0.2) is 17.6 Å². The Kier molecular flexibility index (Phi) is 7.81. The van der Waals surface area contributed by atoms with Gasteiger partial charge in [-0.1, -0.05) is 51.3 Å². The number of aliphatic hydroxyl groups is 2. The Morgan fingerprint density at radius 3 is 2.32 bits per heavy atom. The monoisotopic (exact) mass is 644 g/mol. The lowest BCUT2D eigenvalue weighted by Gasteiger charge is -2.47. The summed E-state index contributed by atoms with van der Waals surface area (Å²) >= 11 is 0.689. The van der Waals surface area contributed by atoms with Crippen molar-refractivity contribution in [3.63, 3.8) is 0 Å². The van der Waals surface area contributed by atoms with Gasteiger partial charge < -0.3 is 25.0 Å². The molecule has 6 rings (SSSR count). The number of nitrogens with zero attached hydrogens (tertiary/aromatic N) is 2. The number of carboxylic acids is 1. The Labute approximate surface area is 260 Å². The van der Waals surface area contributed by atoms with Gasteiger partial charge in [0.05, 0.1) is 11.8 Å². The van der Waals surface area contributed by atoms with Crippen LogP contribution in [0.15, 0.2) is 53.4 Å². The largest absolute Gasteiger partial charge is 0.490 e. The second-order valence-corrected chi connectivity index (χ2v) is 15.9. The summed E-state index contributed by atoms with van der Waals surface area (Å²) in [5.74, 6) is -2.67. The molecule has 0 spiro atoms. The van der Waals surface area contributed by atoms with Crippen LogP contribution in [0.25, 0.3) is 10.4 Å². The Morgan fingerprint density at radius 1 is 1.07 bits per heavy atom. The molecule has 1 unspecified atom stereocenters. The fraction of sp³-hybridized carbons (Fsp3) is 0.469. The van der Waals surface area contributed by atoms with Gasteiger partial charge in [0.1, 0.15) is 21.3 Å². The highest BCUT2D eigenvalue weighted by atomic mass is 32.2. The van der Waals surface area contributed by atoms with Crippen LogP contribution in [0.2, 0.25) is 0 Å². The molecule has 1 aliphatic heterocycles. The number of rotatable bonds is 6. The van der Waals surface area contributed by atoms with Crippen LogP contribution in [0, 0.1) is 17.2 Å². The summed E-state index contributed by atoms with van der Waals surface area (Å²) in [4.78, 5) is 12.6. The van der Waals surface area contributed by atoms with Crippen LogP contribution < -0.4 is 9.64 Å². The third kappa shape index (κ3) is 5.10. The molecule has 9 nitrogen and oxygen atoms in total. The summed E-state index contributed by atoms with van der Waals surface area (Å²) in [5.41, 5.74) is -1.36. The molecule has 2 heterocycles. The first-order valence-electron chi connectivity index (χ1n) is 14.9. The van der Waals surface area contributed by atoms with Crippen molar-refractivity contribution in [2.24, 2.45) is 11.3 Å². The van der Waals surface area contributed by atoms with Gasteiger partial charge in [0.25, 0.3) is 0 Å². The average molecular weight is 645 g/mol. The number of halogens is 1. The van der Waals surface area contributed by atoms with E-state index < -0.39 is 44.6 Å². The molecule has 12 heteroatoms. The van der Waals surface area contributed by atoms with Gasteiger partial charge in [0, 0.05) is 35.2 Å². The molecule has 44 heavy (non-hydrogen) atoms. The number of sulfonamides is 1. The van der Waals surface area contributed by atoms with E-state index in [4.69, 9.17) is 4.74 Å². The molecule has 2 aliphatic carbocycles. The molecule has 3 aromatic rings. The number of ether oxygens (including phenoxy) is 1. The molecule has 2 atom stereocenters. The molecular weight excluding hydrogens is 607 g/mol. The van der Waals surface area contributed by atoms with E-state index in [1.165, 1.54) is 24.1 Å². The van der Waals surface area contributed by atoms with E-state index in [0.717, 1.165) is 42.5 Å². The highest BCUT2D eigenvalue weighted by Gasteiger charge is 2.57. The van der Waals surface area contributed by atoms with E-state index in [1.807, 2.05) is 0 Å². The summed E-state index contributed by atoms with van der Waals surface area (Å²) in [6.45, 7) is 4.22. The highest BCUT2D eigenvalue weighted by molar-refractivity contribution is 7.89. The highest BCUT2D eigenvalue weighted by Crippen LogP contribution is 2.52. The smallest absolute Gasteiger partial charge is 0.348 e. The van der Waals surface area contributed by atoms with Crippen LogP contribution in [0.5, 0.6) is 5.75 Å². The standard InChI is InChI=1S/C32H37FN2O7S2/c1-31(2)17-21(18-31)42-25-16-24-27(14-22(25)26-15-23(33)28(43-26)29(36)37)44(40,41)34(3)32(39,19-10-6-4-7-11-19)30(38)35(24)20-12-8-5-9-13-20/h5,8-9,12-16,19,21,30,38-39H,4,6-7,10-11,17-18H2,1-3H3,(H,36,37)/t30?,32-/m1/s1. The van der Waals surface area contributed by atoms with Crippen LogP contribution >= 0.6 is 11.3 Å². The van der Waals surface area contributed by atoms with Crippen molar-refractivity contribution >= 4 is 38.7 Å². The third-order valence-electron chi connectivity index (χ3n) is 9.33. The van der Waals surface area contributed by atoms with E-state index in [0.29, 0.717) is 29.9 Å². The molecule has 3 N–H and O–H groups in total. The van der Waals surface area contributed by atoms with Gasteiger partial charge >= 0.3 is 5.97 Å². The predicted octanol–water partition coefficient (Wildman–Crippen LogP) is 6.18. The number of aromatic carboxylic acids is 1. The minimum Gasteiger partial charge on any atom is -0.490 e. The fourth-order valence-electron chi connectivity index (χ4n) is 7.01. The number of anilines is 2. The van der Waals surface area contributed by atoms with Gasteiger partial charge in [0.15, 0.2) is 12.0 Å². The zero-order valence-corrected chi connectivity index (χ0v) is 26.5. The minimum atomic E-state index is -4.47. The Morgan fingerprint density at radius 2 is 1.73 bits per heavy atom. The SMILES string of the molecule is CN1[C@@](O)(C2CCCCC2)C(O)N(c2ccccc2)c2cc(OC3CC(C)(C)C3)c(-c3cc(F)c(C(=O)O)s3)cc2S1(=O)=O. The predicted molar refractivity (Wildman–Crippen MR) is 165 cm³/mol. The van der Waals surface area contributed by atoms with Crippen molar-refractivity contribution in [1.29, 1.82) is 0 Å². The maximum Gasteiger partial charge on any atom is 0.348 e. The molecule has 1 aromatic heterocycles. The lowest BCUT2D eigenvalue weighted by Crippen LogP contribution is -2.64. The number of carboxylic acid groups (broad SMARTS) is 1. The van der Waals surface area contributed by atoms with Gasteiger partial charge in [-0.05, 0) is 55.4 Å². The number of aliphatic hydroxyl groups excluding tert-OH is 1. The van der Waals surface area contributed by atoms with Crippen molar-refractivity contribution in [3.05, 3.63) is 59.2 Å². The number of para-hydroxylation sites is 1.